The lowest BCUT2D eigenvalue weighted by Gasteiger charge is -2.07. The Labute approximate surface area is 104 Å². The van der Waals surface area contributed by atoms with E-state index in [0.29, 0.717) is 12.4 Å². The summed E-state index contributed by atoms with van der Waals surface area (Å²) in [5.41, 5.74) is 0.505. The summed E-state index contributed by atoms with van der Waals surface area (Å²) < 4.78 is 19.2. The fraction of sp³-hybridized carbons (Fsp3) is 0.308. The van der Waals surface area contributed by atoms with Crippen molar-refractivity contribution in [3.05, 3.63) is 29.6 Å². The van der Waals surface area contributed by atoms with Crippen LogP contribution < -0.4 is 4.74 Å². The van der Waals surface area contributed by atoms with E-state index in [1.807, 2.05) is 0 Å². The maximum absolute atomic E-state index is 13.8. The monoisotopic (exact) mass is 248 g/mol. The first-order valence-corrected chi connectivity index (χ1v) is 5.80. The molecule has 0 saturated carbocycles. The van der Waals surface area contributed by atoms with E-state index in [2.05, 4.69) is 16.9 Å². The molecule has 2 amide bonds. The molecule has 1 aromatic carbocycles. The highest BCUT2D eigenvalue weighted by Crippen LogP contribution is 2.18. The van der Waals surface area contributed by atoms with Crippen LogP contribution in [-0.4, -0.2) is 24.6 Å². The van der Waals surface area contributed by atoms with E-state index < -0.39 is 11.8 Å². The van der Waals surface area contributed by atoms with Crippen molar-refractivity contribution >= 4 is 18.0 Å². The third-order valence-electron chi connectivity index (χ3n) is 2.50. The predicted octanol–water partition coefficient (Wildman–Crippen LogP) is 3.00. The van der Waals surface area contributed by atoms with Crippen LogP contribution in [0.2, 0.25) is 0 Å². The number of halogens is 1. The summed E-state index contributed by atoms with van der Waals surface area (Å²) in [5.74, 6) is 0.00969. The van der Waals surface area contributed by atoms with Gasteiger partial charge in [-0.2, -0.15) is 9.98 Å². The summed E-state index contributed by atoms with van der Waals surface area (Å²) in [7, 11) is 0. The maximum Gasteiger partial charge on any atom is 0.367 e. The lowest BCUT2D eigenvalue weighted by atomic mass is 10.1. The highest BCUT2D eigenvalue weighted by Gasteiger charge is 2.14. The van der Waals surface area contributed by atoms with E-state index in [1.54, 1.807) is 12.1 Å². The molecule has 1 heterocycles. The summed E-state index contributed by atoms with van der Waals surface area (Å²) in [6.07, 6.45) is 3.21. The molecule has 0 N–H and O–H groups in total. The summed E-state index contributed by atoms with van der Waals surface area (Å²) in [5, 5.41) is 0. The highest BCUT2D eigenvalue weighted by molar-refractivity contribution is 6.43. The van der Waals surface area contributed by atoms with Crippen LogP contribution in [-0.2, 0) is 0 Å². The van der Waals surface area contributed by atoms with E-state index in [-0.39, 0.29) is 11.3 Å². The minimum atomic E-state index is -0.604. The quantitative estimate of drug-likeness (QED) is 0.752. The molecule has 0 saturated heterocycles. The van der Waals surface area contributed by atoms with Crippen LogP contribution in [0.5, 0.6) is 5.75 Å². The Kier molecular flexibility index (Phi) is 3.82. The number of urea groups is 1. The number of carbonyl (C=O) groups is 1. The minimum Gasteiger partial charge on any atom is -0.493 e. The van der Waals surface area contributed by atoms with Crippen molar-refractivity contribution in [2.45, 2.75) is 19.8 Å². The first-order valence-electron chi connectivity index (χ1n) is 5.80. The first kappa shape index (κ1) is 12.4. The third-order valence-corrected chi connectivity index (χ3v) is 2.50. The number of hydrogen-bond donors (Lipinski definition) is 0. The largest absolute Gasteiger partial charge is 0.493 e. The van der Waals surface area contributed by atoms with Crippen LogP contribution in [0, 0.1) is 5.82 Å². The van der Waals surface area contributed by atoms with Crippen LogP contribution in [0.3, 0.4) is 0 Å². The van der Waals surface area contributed by atoms with Crippen LogP contribution in [0.1, 0.15) is 25.3 Å². The number of amides is 2. The molecule has 4 nitrogen and oxygen atoms in total. The van der Waals surface area contributed by atoms with Gasteiger partial charge in [-0.1, -0.05) is 13.3 Å². The van der Waals surface area contributed by atoms with Gasteiger partial charge in [0.1, 0.15) is 11.6 Å². The third kappa shape index (κ3) is 2.80. The van der Waals surface area contributed by atoms with Crippen molar-refractivity contribution < 1.29 is 13.9 Å². The van der Waals surface area contributed by atoms with Gasteiger partial charge in [-0.25, -0.2) is 9.18 Å². The SMILES string of the molecule is CCCCOc1ccc(C2=NC(=O)N=C2)c(F)c1. The average Bonchev–Trinajstić information content (AvgIpc) is 2.76. The zero-order chi connectivity index (χ0) is 13.0. The van der Waals surface area contributed by atoms with Gasteiger partial charge in [-0.3, -0.25) is 0 Å². The van der Waals surface area contributed by atoms with Crippen LogP contribution in [0.25, 0.3) is 0 Å². The molecule has 18 heavy (non-hydrogen) atoms. The van der Waals surface area contributed by atoms with Crippen molar-refractivity contribution in [3.8, 4) is 5.75 Å². The lowest BCUT2D eigenvalue weighted by molar-refractivity contribution is 0.257. The molecule has 0 fully saturated rings. The Balaban J connectivity index is 2.13. The number of benzene rings is 1. The Morgan fingerprint density at radius 2 is 2.22 bits per heavy atom. The Morgan fingerprint density at radius 3 is 2.83 bits per heavy atom. The van der Waals surface area contributed by atoms with Crippen molar-refractivity contribution in [2.75, 3.05) is 6.61 Å². The standard InChI is InChI=1S/C13H13FN2O2/c1-2-3-6-18-9-4-5-10(11(14)7-9)12-8-15-13(17)16-12/h4-5,7-8H,2-3,6H2,1H3. The Bertz CT molecular complexity index is 524. The molecule has 0 aromatic heterocycles. The summed E-state index contributed by atoms with van der Waals surface area (Å²) in [4.78, 5) is 17.9. The second kappa shape index (κ2) is 5.53. The molecule has 5 heteroatoms. The van der Waals surface area contributed by atoms with Crippen molar-refractivity contribution in [2.24, 2.45) is 9.98 Å². The molecule has 0 unspecified atom stereocenters. The molecule has 1 aliphatic rings. The maximum atomic E-state index is 13.8. The van der Waals surface area contributed by atoms with Crippen molar-refractivity contribution in [1.29, 1.82) is 0 Å². The van der Waals surface area contributed by atoms with Gasteiger partial charge in [0.25, 0.3) is 0 Å². The molecule has 0 spiro atoms. The fourth-order valence-electron chi connectivity index (χ4n) is 1.53. The van der Waals surface area contributed by atoms with Gasteiger partial charge >= 0.3 is 6.03 Å². The first-order chi connectivity index (χ1) is 8.70. The van der Waals surface area contributed by atoms with Crippen LogP contribution >= 0.6 is 0 Å². The molecule has 0 radical (unpaired) electrons. The zero-order valence-corrected chi connectivity index (χ0v) is 10.0. The molecule has 0 bridgehead atoms. The number of hydrogen-bond acceptors (Lipinski definition) is 2. The number of rotatable bonds is 5. The second-order valence-corrected chi connectivity index (χ2v) is 3.88. The Morgan fingerprint density at radius 1 is 1.39 bits per heavy atom. The van der Waals surface area contributed by atoms with Crippen molar-refractivity contribution in [3.63, 3.8) is 0 Å². The van der Waals surface area contributed by atoms with Crippen LogP contribution in [0.15, 0.2) is 28.2 Å². The summed E-state index contributed by atoms with van der Waals surface area (Å²) >= 11 is 0. The number of ether oxygens (including phenoxy) is 1. The topological polar surface area (TPSA) is 51.0 Å². The average molecular weight is 248 g/mol. The fourth-order valence-corrected chi connectivity index (χ4v) is 1.53. The lowest BCUT2D eigenvalue weighted by Crippen LogP contribution is -2.04. The van der Waals surface area contributed by atoms with E-state index in [1.165, 1.54) is 12.3 Å². The predicted molar refractivity (Wildman–Crippen MR) is 67.2 cm³/mol. The normalized spacial score (nSPS) is 13.9. The molecule has 94 valence electrons. The number of unbranched alkanes of at least 4 members (excludes halogenated alkanes) is 1. The van der Waals surface area contributed by atoms with Gasteiger partial charge < -0.3 is 4.74 Å². The number of aliphatic imine (C=N–C) groups is 2. The molecule has 0 atom stereocenters. The molecule has 0 aliphatic carbocycles. The molecule has 1 aliphatic heterocycles. The summed E-state index contributed by atoms with van der Waals surface area (Å²) in [6, 6.07) is 3.89. The molecular weight excluding hydrogens is 235 g/mol. The van der Waals surface area contributed by atoms with E-state index >= 15 is 0 Å². The van der Waals surface area contributed by atoms with Gasteiger partial charge in [0, 0.05) is 11.6 Å². The van der Waals surface area contributed by atoms with Gasteiger partial charge in [-0.05, 0) is 18.6 Å². The summed E-state index contributed by atoms with van der Waals surface area (Å²) in [6.45, 7) is 2.62. The highest BCUT2D eigenvalue weighted by atomic mass is 19.1. The van der Waals surface area contributed by atoms with Crippen molar-refractivity contribution in [1.82, 2.24) is 0 Å². The van der Waals surface area contributed by atoms with Gasteiger partial charge in [0.15, 0.2) is 0 Å². The molecule has 1 aromatic rings. The van der Waals surface area contributed by atoms with Gasteiger partial charge in [-0.15, -0.1) is 0 Å². The zero-order valence-electron chi connectivity index (χ0n) is 10.0. The molecular formula is C13H13FN2O2. The Hall–Kier alpha value is -2.04. The molecule has 2 rings (SSSR count). The van der Waals surface area contributed by atoms with Gasteiger partial charge in [0.05, 0.1) is 18.5 Å². The second-order valence-electron chi connectivity index (χ2n) is 3.88. The van der Waals surface area contributed by atoms with E-state index in [4.69, 9.17) is 4.74 Å². The minimum absolute atomic E-state index is 0.248. The van der Waals surface area contributed by atoms with E-state index in [0.717, 1.165) is 12.8 Å². The van der Waals surface area contributed by atoms with Crippen LogP contribution in [0.4, 0.5) is 9.18 Å². The van der Waals surface area contributed by atoms with Gasteiger partial charge in [0.2, 0.25) is 0 Å². The smallest absolute Gasteiger partial charge is 0.367 e. The number of nitrogens with zero attached hydrogens (tertiary/aromatic N) is 2. The van der Waals surface area contributed by atoms with E-state index in [9.17, 15) is 9.18 Å². The number of carbonyl (C=O) groups excluding carboxylic acids is 1.